The van der Waals surface area contributed by atoms with Crippen molar-refractivity contribution in [1.82, 2.24) is 9.80 Å². The molecule has 2 saturated heterocycles. The molecule has 2 heterocycles. The van der Waals surface area contributed by atoms with Gasteiger partial charge in [-0.3, -0.25) is 14.5 Å². The molecule has 0 saturated carbocycles. The first-order valence-corrected chi connectivity index (χ1v) is 8.18. The Bertz CT molecular complexity index is 716. The second kappa shape index (κ2) is 5.82. The summed E-state index contributed by atoms with van der Waals surface area (Å²) in [6.07, 6.45) is -0.714. The number of fused-ring (bicyclic) bond motifs is 1. The number of amides is 3. The average Bonchev–Trinajstić information content (AvgIpc) is 2.96. The topological polar surface area (TPSA) is 66.9 Å². The fourth-order valence-corrected chi connectivity index (χ4v) is 3.20. The molecule has 0 bridgehead atoms. The average molecular weight is 348 g/mol. The van der Waals surface area contributed by atoms with E-state index < -0.39 is 41.6 Å². The number of imide groups is 1. The number of nitrogens with zero attached hydrogens (tertiary/aromatic N) is 2. The van der Waals surface area contributed by atoms with Crippen LogP contribution in [0.1, 0.15) is 26.3 Å². The largest absolute Gasteiger partial charge is 0.444 e. The van der Waals surface area contributed by atoms with E-state index in [1.807, 2.05) is 6.07 Å². The van der Waals surface area contributed by atoms with Gasteiger partial charge in [0, 0.05) is 6.54 Å². The lowest BCUT2D eigenvalue weighted by Gasteiger charge is -2.26. The summed E-state index contributed by atoms with van der Waals surface area (Å²) in [5.41, 5.74) is -2.36. The second-order valence-corrected chi connectivity index (χ2v) is 7.49. The highest BCUT2D eigenvalue weighted by Crippen LogP contribution is 2.41. The van der Waals surface area contributed by atoms with E-state index >= 15 is 4.39 Å². The SMILES string of the molecule is CC(C)(C)OC(=O)N1C[C@@H]2C(=O)N(Cc3ccccc3)C(=O)[C@]2(F)C1. The van der Waals surface area contributed by atoms with Crippen LogP contribution in [-0.4, -0.2) is 52.1 Å². The fourth-order valence-electron chi connectivity index (χ4n) is 3.20. The zero-order valence-electron chi connectivity index (χ0n) is 14.5. The molecule has 0 unspecified atom stereocenters. The minimum Gasteiger partial charge on any atom is -0.444 e. The van der Waals surface area contributed by atoms with Gasteiger partial charge in [0.1, 0.15) is 11.5 Å². The van der Waals surface area contributed by atoms with Crippen molar-refractivity contribution in [3.05, 3.63) is 35.9 Å². The number of halogens is 1. The third-order valence-electron chi connectivity index (χ3n) is 4.38. The van der Waals surface area contributed by atoms with Crippen LogP contribution in [0, 0.1) is 5.92 Å². The number of benzene rings is 1. The van der Waals surface area contributed by atoms with E-state index in [0.29, 0.717) is 0 Å². The molecule has 0 aromatic heterocycles. The first-order valence-electron chi connectivity index (χ1n) is 8.18. The van der Waals surface area contributed by atoms with Gasteiger partial charge in [-0.05, 0) is 26.3 Å². The second-order valence-electron chi connectivity index (χ2n) is 7.49. The van der Waals surface area contributed by atoms with Gasteiger partial charge in [0.2, 0.25) is 11.6 Å². The highest BCUT2D eigenvalue weighted by atomic mass is 19.1. The Morgan fingerprint density at radius 2 is 1.92 bits per heavy atom. The molecule has 6 nitrogen and oxygen atoms in total. The minimum absolute atomic E-state index is 0.0348. The summed E-state index contributed by atoms with van der Waals surface area (Å²) in [5, 5.41) is 0. The van der Waals surface area contributed by atoms with E-state index in [9.17, 15) is 14.4 Å². The molecule has 25 heavy (non-hydrogen) atoms. The van der Waals surface area contributed by atoms with E-state index in [2.05, 4.69) is 0 Å². The smallest absolute Gasteiger partial charge is 0.410 e. The summed E-state index contributed by atoms with van der Waals surface area (Å²) in [7, 11) is 0. The zero-order valence-corrected chi connectivity index (χ0v) is 14.5. The maximum atomic E-state index is 15.3. The van der Waals surface area contributed by atoms with Gasteiger partial charge in [-0.15, -0.1) is 0 Å². The third kappa shape index (κ3) is 3.10. The molecule has 3 rings (SSSR count). The van der Waals surface area contributed by atoms with Crippen LogP contribution in [0.2, 0.25) is 0 Å². The number of carbonyl (C=O) groups excluding carboxylic acids is 3. The van der Waals surface area contributed by atoms with Gasteiger partial charge in [-0.1, -0.05) is 30.3 Å². The number of ether oxygens (including phenoxy) is 1. The van der Waals surface area contributed by atoms with Crippen LogP contribution in [0.4, 0.5) is 9.18 Å². The van der Waals surface area contributed by atoms with Gasteiger partial charge in [0.25, 0.3) is 5.91 Å². The Balaban J connectivity index is 1.75. The van der Waals surface area contributed by atoms with E-state index in [4.69, 9.17) is 4.74 Å². The summed E-state index contributed by atoms with van der Waals surface area (Å²) in [4.78, 5) is 39.2. The van der Waals surface area contributed by atoms with Crippen molar-refractivity contribution in [2.75, 3.05) is 13.1 Å². The van der Waals surface area contributed by atoms with Gasteiger partial charge in [-0.2, -0.15) is 0 Å². The summed E-state index contributed by atoms with van der Waals surface area (Å²) in [5.74, 6) is -2.63. The Kier molecular flexibility index (Phi) is 4.05. The molecule has 1 aromatic carbocycles. The van der Waals surface area contributed by atoms with Gasteiger partial charge in [0.05, 0.1) is 13.1 Å². The quantitative estimate of drug-likeness (QED) is 0.768. The van der Waals surface area contributed by atoms with Crippen molar-refractivity contribution >= 4 is 17.9 Å². The van der Waals surface area contributed by atoms with Gasteiger partial charge in [-0.25, -0.2) is 9.18 Å². The number of hydrogen-bond acceptors (Lipinski definition) is 4. The number of likely N-dealkylation sites (tertiary alicyclic amines) is 2. The maximum absolute atomic E-state index is 15.3. The summed E-state index contributed by atoms with van der Waals surface area (Å²) in [6.45, 7) is 4.53. The van der Waals surface area contributed by atoms with Gasteiger partial charge < -0.3 is 9.64 Å². The molecular weight excluding hydrogens is 327 g/mol. The molecule has 2 atom stereocenters. The molecule has 1 aromatic rings. The van der Waals surface area contributed by atoms with Crippen molar-refractivity contribution in [1.29, 1.82) is 0 Å². The molecule has 134 valence electrons. The van der Waals surface area contributed by atoms with E-state index in [1.54, 1.807) is 45.0 Å². The number of rotatable bonds is 2. The molecule has 3 amide bonds. The van der Waals surface area contributed by atoms with Crippen LogP contribution >= 0.6 is 0 Å². The van der Waals surface area contributed by atoms with E-state index in [-0.39, 0.29) is 13.1 Å². The standard InChI is InChI=1S/C18H21FN2O4/c1-17(2,3)25-16(24)20-10-13-14(22)21(15(23)18(13,19)11-20)9-12-7-5-4-6-8-12/h4-8,13H,9-11H2,1-3H3/t13-,18+/m1/s1. The lowest BCUT2D eigenvalue weighted by molar-refractivity contribution is -0.143. The predicted molar refractivity (Wildman–Crippen MR) is 87.1 cm³/mol. The van der Waals surface area contributed by atoms with Gasteiger partial charge in [0.15, 0.2) is 0 Å². The molecule has 2 aliphatic heterocycles. The molecule has 2 aliphatic rings. The lowest BCUT2D eigenvalue weighted by atomic mass is 9.96. The molecule has 2 fully saturated rings. The third-order valence-corrected chi connectivity index (χ3v) is 4.38. The first kappa shape index (κ1) is 17.4. The maximum Gasteiger partial charge on any atom is 0.410 e. The molecule has 7 heteroatoms. The normalized spacial score (nSPS) is 26.2. The van der Waals surface area contributed by atoms with Crippen LogP contribution in [0.5, 0.6) is 0 Å². The Morgan fingerprint density at radius 3 is 2.48 bits per heavy atom. The first-order chi connectivity index (χ1) is 11.6. The van der Waals surface area contributed by atoms with Crippen LogP contribution in [0.15, 0.2) is 30.3 Å². The zero-order chi connectivity index (χ0) is 18.4. The number of hydrogen-bond donors (Lipinski definition) is 0. The Labute approximate surface area is 145 Å². The van der Waals surface area contributed by atoms with Crippen molar-refractivity contribution in [3.63, 3.8) is 0 Å². The molecule has 0 aliphatic carbocycles. The predicted octanol–water partition coefficient (Wildman–Crippen LogP) is 2.13. The Morgan fingerprint density at radius 1 is 1.28 bits per heavy atom. The number of carbonyl (C=O) groups is 3. The monoisotopic (exact) mass is 348 g/mol. The molecule has 0 spiro atoms. The van der Waals surface area contributed by atoms with Crippen LogP contribution in [-0.2, 0) is 20.9 Å². The summed E-state index contributed by atoms with van der Waals surface area (Å²) in [6, 6.07) is 8.94. The van der Waals surface area contributed by atoms with E-state index in [0.717, 1.165) is 15.4 Å². The van der Waals surface area contributed by atoms with Crippen LogP contribution < -0.4 is 0 Å². The van der Waals surface area contributed by atoms with Crippen molar-refractivity contribution < 1.29 is 23.5 Å². The fraction of sp³-hybridized carbons (Fsp3) is 0.500. The van der Waals surface area contributed by atoms with Crippen LogP contribution in [0.25, 0.3) is 0 Å². The Hall–Kier alpha value is -2.44. The summed E-state index contributed by atoms with van der Waals surface area (Å²) >= 11 is 0. The highest BCUT2D eigenvalue weighted by molar-refractivity contribution is 6.10. The van der Waals surface area contributed by atoms with Crippen molar-refractivity contribution in [2.24, 2.45) is 5.92 Å². The number of alkyl halides is 1. The summed E-state index contributed by atoms with van der Waals surface area (Å²) < 4.78 is 20.5. The van der Waals surface area contributed by atoms with E-state index in [1.165, 1.54) is 0 Å². The molecule has 0 N–H and O–H groups in total. The van der Waals surface area contributed by atoms with Crippen molar-refractivity contribution in [2.45, 2.75) is 38.6 Å². The van der Waals surface area contributed by atoms with Gasteiger partial charge >= 0.3 is 6.09 Å². The molecular formula is C18H21FN2O4. The molecule has 0 radical (unpaired) electrons. The highest BCUT2D eigenvalue weighted by Gasteiger charge is 2.65. The van der Waals surface area contributed by atoms with Crippen LogP contribution in [0.3, 0.4) is 0 Å². The van der Waals surface area contributed by atoms with Crippen molar-refractivity contribution in [3.8, 4) is 0 Å². The minimum atomic E-state index is -2.37. The lowest BCUT2D eigenvalue weighted by Crippen LogP contribution is -2.44.